The van der Waals surface area contributed by atoms with Gasteiger partial charge in [-0.1, -0.05) is 97.6 Å². The van der Waals surface area contributed by atoms with Crippen molar-refractivity contribution < 1.29 is 5.11 Å². The zero-order valence-electron chi connectivity index (χ0n) is 29.5. The first-order valence-corrected chi connectivity index (χ1v) is 18.2. The highest BCUT2D eigenvalue weighted by molar-refractivity contribution is 6.10. The lowest BCUT2D eigenvalue weighted by atomic mass is 10.0. The molecule has 52 heavy (non-hydrogen) atoms. The second kappa shape index (κ2) is 13.2. The Kier molecular flexibility index (Phi) is 8.10. The fourth-order valence-corrected chi connectivity index (χ4v) is 8.29. The van der Waals surface area contributed by atoms with Crippen molar-refractivity contribution in [1.82, 2.24) is 13.7 Å². The van der Waals surface area contributed by atoms with E-state index < -0.39 is 0 Å². The Balaban J connectivity index is 1.12. The molecular weight excluding hydrogens is 635 g/mol. The van der Waals surface area contributed by atoms with E-state index in [2.05, 4.69) is 155 Å². The van der Waals surface area contributed by atoms with Gasteiger partial charge < -0.3 is 18.8 Å². The van der Waals surface area contributed by atoms with Crippen molar-refractivity contribution in [1.29, 1.82) is 0 Å². The van der Waals surface area contributed by atoms with Gasteiger partial charge in [0.25, 0.3) is 0 Å². The predicted molar refractivity (Wildman–Crippen MR) is 219 cm³/mol. The molecule has 0 unspecified atom stereocenters. The summed E-state index contributed by atoms with van der Waals surface area (Å²) in [5.74, 6) is 0. The van der Waals surface area contributed by atoms with Crippen molar-refractivity contribution in [3.05, 3.63) is 180 Å². The molecule has 0 aliphatic carbocycles. The van der Waals surface area contributed by atoms with Gasteiger partial charge in [0.05, 0.1) is 17.6 Å². The fourth-order valence-electron chi connectivity index (χ4n) is 8.29. The molecular formula is C48H41N3O. The number of para-hydroxylation sites is 3. The molecule has 0 saturated carbocycles. The van der Waals surface area contributed by atoms with Crippen molar-refractivity contribution in [2.45, 2.75) is 39.5 Å². The van der Waals surface area contributed by atoms with Gasteiger partial charge in [-0.3, -0.25) is 0 Å². The van der Waals surface area contributed by atoms with Gasteiger partial charge in [0.15, 0.2) is 0 Å². The molecule has 9 aromatic rings. The molecule has 4 heteroatoms. The minimum atomic E-state index is 0.0352. The molecule has 0 fully saturated rings. The first kappa shape index (κ1) is 31.9. The van der Waals surface area contributed by atoms with Crippen LogP contribution in [-0.2, 0) is 32.5 Å². The zero-order valence-corrected chi connectivity index (χ0v) is 29.5. The maximum absolute atomic E-state index is 9.73. The van der Waals surface area contributed by atoms with Gasteiger partial charge in [-0.2, -0.15) is 0 Å². The van der Waals surface area contributed by atoms with Crippen LogP contribution in [0.15, 0.2) is 152 Å². The molecule has 3 aromatic heterocycles. The number of allylic oxidation sites excluding steroid dienone is 2. The van der Waals surface area contributed by atoms with E-state index in [1.807, 2.05) is 24.3 Å². The van der Waals surface area contributed by atoms with Gasteiger partial charge in [-0.05, 0) is 103 Å². The summed E-state index contributed by atoms with van der Waals surface area (Å²) in [6.45, 7) is 7.94. The summed E-state index contributed by atoms with van der Waals surface area (Å²) < 4.78 is 7.30. The average Bonchev–Trinajstić information content (AvgIpc) is 3.79. The molecule has 0 aliphatic heterocycles. The van der Waals surface area contributed by atoms with Crippen LogP contribution in [0.4, 0.5) is 0 Å². The summed E-state index contributed by atoms with van der Waals surface area (Å²) in [6, 6.07) is 48.5. The van der Waals surface area contributed by atoms with Crippen LogP contribution in [0.25, 0.3) is 66.3 Å². The van der Waals surface area contributed by atoms with Crippen molar-refractivity contribution in [3.63, 3.8) is 0 Å². The number of aryl methyl sites for hydroxylation is 5. The molecule has 3 heterocycles. The van der Waals surface area contributed by atoms with E-state index >= 15 is 0 Å². The Morgan fingerprint density at radius 3 is 1.60 bits per heavy atom. The lowest BCUT2D eigenvalue weighted by Crippen LogP contribution is -2.03. The number of benzene rings is 6. The van der Waals surface area contributed by atoms with Gasteiger partial charge in [-0.15, -0.1) is 0 Å². The Labute approximate surface area is 303 Å². The van der Waals surface area contributed by atoms with Crippen molar-refractivity contribution in [2.24, 2.45) is 0 Å². The monoisotopic (exact) mass is 675 g/mol. The van der Waals surface area contributed by atoms with Gasteiger partial charge in [0.2, 0.25) is 0 Å². The number of rotatable bonds is 10. The first-order valence-electron chi connectivity index (χ1n) is 18.2. The summed E-state index contributed by atoms with van der Waals surface area (Å²) >= 11 is 0. The Morgan fingerprint density at radius 2 is 1.04 bits per heavy atom. The molecule has 0 radical (unpaired) electrons. The highest BCUT2D eigenvalue weighted by atomic mass is 16.3. The van der Waals surface area contributed by atoms with Crippen LogP contribution in [0, 0.1) is 6.92 Å². The number of aliphatic hydroxyl groups is 1. The standard InChI is InChI=1S/C48H41N3O/c1-3-4-14-43-33(2)38-11-5-8-15-44(38)49(43)28-26-34-20-24-47-41(30-34)42-31-35(21-25-48(42)51(47)37-22-18-36(32-52)19-23-37)27-29-50-45-16-9-6-12-39(45)40-13-7-10-17-46(40)50/h3-25,30-31,52H,1,26-29,32H2,2H3/b14-4-. The highest BCUT2D eigenvalue weighted by Gasteiger charge is 2.16. The highest BCUT2D eigenvalue weighted by Crippen LogP contribution is 2.35. The number of fused-ring (bicyclic) bond motifs is 7. The lowest BCUT2D eigenvalue weighted by Gasteiger charge is -2.11. The summed E-state index contributed by atoms with van der Waals surface area (Å²) in [4.78, 5) is 0. The second-order valence-electron chi connectivity index (χ2n) is 13.8. The molecule has 6 aromatic carbocycles. The van der Waals surface area contributed by atoms with Gasteiger partial charge in [-0.25, -0.2) is 0 Å². The SMILES string of the molecule is C=C/C=C\c1c(C)c2ccccc2n1CCc1ccc2c(c1)c1cc(CCn3c4ccccc4c4ccccc43)ccc1n2-c1ccc(CO)cc1. The topological polar surface area (TPSA) is 35.0 Å². The fraction of sp³-hybridized carbons (Fsp3) is 0.125. The molecule has 0 amide bonds. The third-order valence-electron chi connectivity index (χ3n) is 10.9. The molecule has 0 saturated heterocycles. The third kappa shape index (κ3) is 5.35. The van der Waals surface area contributed by atoms with Crippen LogP contribution >= 0.6 is 0 Å². The van der Waals surface area contributed by atoms with E-state index in [1.54, 1.807) is 0 Å². The number of aromatic nitrogens is 3. The van der Waals surface area contributed by atoms with Crippen LogP contribution in [0.2, 0.25) is 0 Å². The van der Waals surface area contributed by atoms with Gasteiger partial charge in [0.1, 0.15) is 0 Å². The van der Waals surface area contributed by atoms with Crippen LogP contribution in [0.5, 0.6) is 0 Å². The van der Waals surface area contributed by atoms with Crippen LogP contribution in [0.3, 0.4) is 0 Å². The average molecular weight is 676 g/mol. The number of aliphatic hydroxyl groups excluding tert-OH is 1. The van der Waals surface area contributed by atoms with Crippen LogP contribution in [-0.4, -0.2) is 18.8 Å². The maximum Gasteiger partial charge on any atom is 0.0681 e. The smallest absolute Gasteiger partial charge is 0.0681 e. The van der Waals surface area contributed by atoms with Crippen molar-refractivity contribution in [3.8, 4) is 5.69 Å². The van der Waals surface area contributed by atoms with Crippen LogP contribution in [0.1, 0.15) is 27.9 Å². The number of nitrogens with zero attached hydrogens (tertiary/aromatic N) is 3. The summed E-state index contributed by atoms with van der Waals surface area (Å²) in [5, 5.41) is 16.2. The third-order valence-corrected chi connectivity index (χ3v) is 10.9. The molecule has 0 spiro atoms. The molecule has 254 valence electrons. The minimum Gasteiger partial charge on any atom is -0.392 e. The second-order valence-corrected chi connectivity index (χ2v) is 13.8. The molecule has 1 N–H and O–H groups in total. The largest absolute Gasteiger partial charge is 0.392 e. The van der Waals surface area contributed by atoms with Gasteiger partial charge >= 0.3 is 0 Å². The Hall–Kier alpha value is -6.10. The summed E-state index contributed by atoms with van der Waals surface area (Å²) in [6.07, 6.45) is 7.90. The zero-order chi connectivity index (χ0) is 35.2. The normalized spacial score (nSPS) is 12.0. The maximum atomic E-state index is 9.73. The Bertz CT molecular complexity index is 2750. The van der Waals surface area contributed by atoms with Crippen LogP contribution < -0.4 is 0 Å². The quantitative estimate of drug-likeness (QED) is 0.144. The predicted octanol–water partition coefficient (Wildman–Crippen LogP) is 11.3. The van der Waals surface area contributed by atoms with E-state index in [4.69, 9.17) is 0 Å². The first-order chi connectivity index (χ1) is 25.6. The Morgan fingerprint density at radius 1 is 0.538 bits per heavy atom. The molecule has 0 bridgehead atoms. The van der Waals surface area contributed by atoms with E-state index in [0.717, 1.165) is 37.2 Å². The van der Waals surface area contributed by atoms with Crippen molar-refractivity contribution >= 4 is 60.6 Å². The minimum absolute atomic E-state index is 0.0352. The van der Waals surface area contributed by atoms with E-state index in [1.165, 1.54) is 76.9 Å². The van der Waals surface area contributed by atoms with E-state index in [-0.39, 0.29) is 6.61 Å². The summed E-state index contributed by atoms with van der Waals surface area (Å²) in [7, 11) is 0. The van der Waals surface area contributed by atoms with Crippen molar-refractivity contribution in [2.75, 3.05) is 0 Å². The molecule has 4 nitrogen and oxygen atoms in total. The number of hydrogen-bond acceptors (Lipinski definition) is 1. The molecule has 0 aliphatic rings. The molecule has 0 atom stereocenters. The molecule has 9 rings (SSSR count). The summed E-state index contributed by atoms with van der Waals surface area (Å²) in [5.41, 5.74) is 13.4. The lowest BCUT2D eigenvalue weighted by molar-refractivity contribution is 0.282. The van der Waals surface area contributed by atoms with E-state index in [0.29, 0.717) is 0 Å². The van der Waals surface area contributed by atoms with E-state index in [9.17, 15) is 5.11 Å². The van der Waals surface area contributed by atoms with Gasteiger partial charge in [0, 0.05) is 68.0 Å². The number of hydrogen-bond donors (Lipinski definition) is 1.